The number of halogens is 3. The summed E-state index contributed by atoms with van der Waals surface area (Å²) in [6.45, 7) is 2.57. The van der Waals surface area contributed by atoms with Crippen molar-refractivity contribution >= 4 is 37.8 Å². The normalized spacial score (nSPS) is 12.2. The highest BCUT2D eigenvalue weighted by Crippen LogP contribution is 2.15. The Hall–Kier alpha value is -0.420. The number of hydrogen-bond acceptors (Lipinski definition) is 1. The minimum absolute atomic E-state index is 0.0653. The van der Waals surface area contributed by atoms with Gasteiger partial charge in [0.25, 0.3) is 5.91 Å². The van der Waals surface area contributed by atoms with Crippen molar-refractivity contribution in [2.75, 3.05) is 6.54 Å². The molecule has 0 aliphatic rings. The number of rotatable bonds is 5. The number of carbonyl (C=O) groups excluding carboxylic acids is 1. The molecule has 1 N–H and O–H groups in total. The molecule has 2 nitrogen and oxygen atoms in total. The van der Waals surface area contributed by atoms with Crippen LogP contribution in [0.3, 0.4) is 0 Å². The minimum atomic E-state index is -0.507. The van der Waals surface area contributed by atoms with Crippen LogP contribution in [0.25, 0.3) is 0 Å². The molecule has 0 saturated heterocycles. The minimum Gasteiger partial charge on any atom is -0.351 e. The van der Waals surface area contributed by atoms with Gasteiger partial charge in [-0.2, -0.15) is 0 Å². The maximum atomic E-state index is 13.4. The summed E-state index contributed by atoms with van der Waals surface area (Å²) in [5, 5.41) is 2.70. The maximum absolute atomic E-state index is 13.4. The van der Waals surface area contributed by atoms with Crippen molar-refractivity contribution in [1.82, 2.24) is 5.32 Å². The smallest absolute Gasteiger partial charge is 0.254 e. The zero-order chi connectivity index (χ0) is 12.8. The lowest BCUT2D eigenvalue weighted by atomic mass is 10.2. The van der Waals surface area contributed by atoms with E-state index >= 15 is 0 Å². The van der Waals surface area contributed by atoms with Gasteiger partial charge in [-0.3, -0.25) is 4.79 Å². The fourth-order valence-corrected chi connectivity index (χ4v) is 2.37. The number of amides is 1. The second kappa shape index (κ2) is 7.11. The first kappa shape index (κ1) is 14.6. The Bertz CT molecular complexity index is 398. The molecule has 1 amide bonds. The van der Waals surface area contributed by atoms with Crippen molar-refractivity contribution in [2.45, 2.75) is 24.6 Å². The van der Waals surface area contributed by atoms with Crippen LogP contribution in [0.15, 0.2) is 22.7 Å². The SMILES string of the molecule is CCCC(Br)CNC(=O)c1cc(Br)ccc1F. The van der Waals surface area contributed by atoms with Crippen molar-refractivity contribution in [2.24, 2.45) is 0 Å². The molecule has 0 aromatic heterocycles. The van der Waals surface area contributed by atoms with E-state index < -0.39 is 5.82 Å². The first-order valence-corrected chi connectivity index (χ1v) is 7.12. The Kier molecular flexibility index (Phi) is 6.12. The van der Waals surface area contributed by atoms with Crippen LogP contribution in [0.1, 0.15) is 30.1 Å². The van der Waals surface area contributed by atoms with Gasteiger partial charge in [0.05, 0.1) is 5.56 Å². The zero-order valence-electron chi connectivity index (χ0n) is 9.47. The van der Waals surface area contributed by atoms with Crippen LogP contribution in [0.2, 0.25) is 0 Å². The monoisotopic (exact) mass is 365 g/mol. The van der Waals surface area contributed by atoms with Crippen LogP contribution in [0.4, 0.5) is 4.39 Å². The van der Waals surface area contributed by atoms with E-state index in [4.69, 9.17) is 0 Å². The Balaban J connectivity index is 2.61. The van der Waals surface area contributed by atoms with Crippen molar-refractivity contribution in [3.8, 4) is 0 Å². The first-order valence-electron chi connectivity index (χ1n) is 5.42. The highest BCUT2D eigenvalue weighted by molar-refractivity contribution is 9.10. The van der Waals surface area contributed by atoms with Crippen molar-refractivity contribution < 1.29 is 9.18 Å². The molecule has 1 atom stereocenters. The van der Waals surface area contributed by atoms with Crippen LogP contribution in [0, 0.1) is 5.82 Å². The van der Waals surface area contributed by atoms with Gasteiger partial charge in [0.2, 0.25) is 0 Å². The third kappa shape index (κ3) is 4.76. The molecule has 1 aromatic carbocycles. The lowest BCUT2D eigenvalue weighted by Crippen LogP contribution is -2.30. The number of nitrogens with one attached hydrogen (secondary N) is 1. The lowest BCUT2D eigenvalue weighted by Gasteiger charge is -2.10. The number of benzene rings is 1. The third-order valence-corrected chi connectivity index (χ3v) is 3.53. The standard InChI is InChI=1S/C12H14Br2FNO/c1-2-3-9(14)7-16-12(17)10-6-8(13)4-5-11(10)15/h4-6,9H,2-3,7H2,1H3,(H,16,17). The maximum Gasteiger partial charge on any atom is 0.254 e. The van der Waals surface area contributed by atoms with Gasteiger partial charge in [-0.05, 0) is 24.6 Å². The topological polar surface area (TPSA) is 29.1 Å². The van der Waals surface area contributed by atoms with Crippen molar-refractivity contribution in [3.05, 3.63) is 34.1 Å². The number of hydrogen-bond donors (Lipinski definition) is 1. The van der Waals surface area contributed by atoms with E-state index in [9.17, 15) is 9.18 Å². The molecular weight excluding hydrogens is 353 g/mol. The van der Waals surface area contributed by atoms with Crippen LogP contribution in [-0.2, 0) is 0 Å². The molecule has 0 radical (unpaired) electrons. The third-order valence-electron chi connectivity index (χ3n) is 2.26. The molecule has 1 aromatic rings. The van der Waals surface area contributed by atoms with E-state index in [0.29, 0.717) is 11.0 Å². The van der Waals surface area contributed by atoms with Crippen molar-refractivity contribution in [1.29, 1.82) is 0 Å². The second-order valence-electron chi connectivity index (χ2n) is 3.72. The molecule has 0 aliphatic carbocycles. The molecule has 0 heterocycles. The average molecular weight is 367 g/mol. The largest absolute Gasteiger partial charge is 0.351 e. The predicted molar refractivity (Wildman–Crippen MR) is 74.1 cm³/mol. The van der Waals surface area contributed by atoms with Crippen LogP contribution in [0.5, 0.6) is 0 Å². The first-order chi connectivity index (χ1) is 8.04. The Morgan fingerprint density at radius 2 is 2.24 bits per heavy atom. The molecule has 5 heteroatoms. The molecule has 0 fully saturated rings. The molecule has 0 bridgehead atoms. The summed E-state index contributed by atoms with van der Waals surface area (Å²) in [6.07, 6.45) is 2.01. The van der Waals surface area contributed by atoms with Crippen LogP contribution >= 0.6 is 31.9 Å². The molecule has 0 spiro atoms. The molecule has 94 valence electrons. The predicted octanol–water partition coefficient (Wildman–Crippen LogP) is 3.88. The Morgan fingerprint density at radius 3 is 2.88 bits per heavy atom. The second-order valence-corrected chi connectivity index (χ2v) is 5.93. The molecule has 1 unspecified atom stereocenters. The summed E-state index contributed by atoms with van der Waals surface area (Å²) in [6, 6.07) is 4.32. The van der Waals surface area contributed by atoms with Crippen LogP contribution in [-0.4, -0.2) is 17.3 Å². The van der Waals surface area contributed by atoms with Gasteiger partial charge < -0.3 is 5.32 Å². The van der Waals surface area contributed by atoms with E-state index in [1.54, 1.807) is 6.07 Å². The summed E-state index contributed by atoms with van der Waals surface area (Å²) in [4.78, 5) is 12.0. The summed E-state index contributed by atoms with van der Waals surface area (Å²) >= 11 is 6.67. The molecule has 17 heavy (non-hydrogen) atoms. The molecule has 0 aliphatic heterocycles. The van der Waals surface area contributed by atoms with Crippen molar-refractivity contribution in [3.63, 3.8) is 0 Å². The zero-order valence-corrected chi connectivity index (χ0v) is 12.6. The van der Waals surface area contributed by atoms with Gasteiger partial charge in [0.15, 0.2) is 0 Å². The van der Waals surface area contributed by atoms with Crippen LogP contribution < -0.4 is 5.32 Å². The van der Waals surface area contributed by atoms with Gasteiger partial charge in [0, 0.05) is 15.8 Å². The fourth-order valence-electron chi connectivity index (χ4n) is 1.39. The summed E-state index contributed by atoms with van der Waals surface area (Å²) in [5.41, 5.74) is 0.0653. The van der Waals surface area contributed by atoms with E-state index in [1.165, 1.54) is 12.1 Å². The van der Waals surface area contributed by atoms with E-state index in [0.717, 1.165) is 12.8 Å². The summed E-state index contributed by atoms with van der Waals surface area (Å²) < 4.78 is 14.1. The molecular formula is C12H14Br2FNO. The summed E-state index contributed by atoms with van der Waals surface area (Å²) in [5.74, 6) is -0.892. The van der Waals surface area contributed by atoms with Gasteiger partial charge in [0.1, 0.15) is 5.82 Å². The van der Waals surface area contributed by atoms with Gasteiger partial charge in [-0.1, -0.05) is 45.2 Å². The number of alkyl halides is 1. The fraction of sp³-hybridized carbons (Fsp3) is 0.417. The average Bonchev–Trinajstić information content (AvgIpc) is 2.29. The van der Waals surface area contributed by atoms with Gasteiger partial charge in [-0.25, -0.2) is 4.39 Å². The highest BCUT2D eigenvalue weighted by atomic mass is 79.9. The molecule has 0 saturated carbocycles. The molecule has 1 rings (SSSR count). The van der Waals surface area contributed by atoms with E-state index in [2.05, 4.69) is 44.1 Å². The Labute approximate surface area is 117 Å². The highest BCUT2D eigenvalue weighted by Gasteiger charge is 2.13. The quantitative estimate of drug-likeness (QED) is 0.787. The Morgan fingerprint density at radius 1 is 1.53 bits per heavy atom. The lowest BCUT2D eigenvalue weighted by molar-refractivity contribution is 0.0949. The number of carbonyl (C=O) groups is 1. The van der Waals surface area contributed by atoms with Gasteiger partial charge >= 0.3 is 0 Å². The van der Waals surface area contributed by atoms with E-state index in [-0.39, 0.29) is 16.3 Å². The summed E-state index contributed by atoms with van der Waals surface area (Å²) in [7, 11) is 0. The van der Waals surface area contributed by atoms with Gasteiger partial charge in [-0.15, -0.1) is 0 Å². The van der Waals surface area contributed by atoms with E-state index in [1.807, 2.05) is 0 Å².